The summed E-state index contributed by atoms with van der Waals surface area (Å²) in [6, 6.07) is 11.2. The first-order chi connectivity index (χ1) is 8.74. The lowest BCUT2D eigenvalue weighted by Crippen LogP contribution is -2.11. The lowest BCUT2D eigenvalue weighted by atomic mass is 10.1. The smallest absolute Gasteiger partial charge is 0.252 e. The zero-order chi connectivity index (χ0) is 13.0. The van der Waals surface area contributed by atoms with Crippen molar-refractivity contribution < 1.29 is 4.74 Å². The third kappa shape index (κ3) is 2.74. The molecule has 2 rings (SSSR count). The van der Waals surface area contributed by atoms with Crippen molar-refractivity contribution >= 4 is 11.6 Å². The Hall–Kier alpha value is -1.74. The fourth-order valence-corrected chi connectivity index (χ4v) is 1.89. The molecule has 1 aromatic carbocycles. The van der Waals surface area contributed by atoms with E-state index in [0.717, 1.165) is 17.0 Å². The number of ether oxygens (including phenoxy) is 1. The Morgan fingerprint density at radius 3 is 2.44 bits per heavy atom. The first-order valence-corrected chi connectivity index (χ1v) is 6.29. The number of alkyl halides is 1. The van der Waals surface area contributed by atoms with Gasteiger partial charge in [0.15, 0.2) is 0 Å². The van der Waals surface area contributed by atoms with Gasteiger partial charge in [0.25, 0.3) is 5.56 Å². The van der Waals surface area contributed by atoms with Crippen LogP contribution < -0.4 is 10.3 Å². The summed E-state index contributed by atoms with van der Waals surface area (Å²) in [6.45, 7) is 2.58. The summed E-state index contributed by atoms with van der Waals surface area (Å²) in [7, 11) is 0. The average Bonchev–Trinajstić information content (AvgIpc) is 2.40. The number of halogens is 1. The Kier molecular flexibility index (Phi) is 4.05. The highest BCUT2D eigenvalue weighted by Gasteiger charge is 2.02. The largest absolute Gasteiger partial charge is 0.494 e. The highest BCUT2D eigenvalue weighted by molar-refractivity contribution is 6.17. The number of pyridine rings is 1. The van der Waals surface area contributed by atoms with Crippen molar-refractivity contribution in [2.24, 2.45) is 0 Å². The fraction of sp³-hybridized carbons (Fsp3) is 0.214. The van der Waals surface area contributed by atoms with Crippen LogP contribution in [0.1, 0.15) is 12.5 Å². The first-order valence-electron chi connectivity index (χ1n) is 5.76. The van der Waals surface area contributed by atoms with Crippen LogP contribution in [0.4, 0.5) is 0 Å². The van der Waals surface area contributed by atoms with Gasteiger partial charge in [-0.3, -0.25) is 4.79 Å². The number of rotatable bonds is 4. The number of hydrogen-bond donors (Lipinski definition) is 1. The van der Waals surface area contributed by atoms with E-state index in [9.17, 15) is 4.79 Å². The van der Waals surface area contributed by atoms with Crippen molar-refractivity contribution in [1.29, 1.82) is 0 Å². The summed E-state index contributed by atoms with van der Waals surface area (Å²) < 4.78 is 5.37. The molecular formula is C14H14ClNO2. The van der Waals surface area contributed by atoms with Gasteiger partial charge in [-0.15, -0.1) is 11.6 Å². The van der Waals surface area contributed by atoms with Crippen molar-refractivity contribution in [2.75, 3.05) is 6.61 Å². The third-order valence-electron chi connectivity index (χ3n) is 2.61. The molecule has 1 N–H and O–H groups in total. The molecule has 1 heterocycles. The highest BCUT2D eigenvalue weighted by Crippen LogP contribution is 2.20. The zero-order valence-electron chi connectivity index (χ0n) is 10.1. The van der Waals surface area contributed by atoms with Gasteiger partial charge in [0.05, 0.1) is 12.5 Å². The summed E-state index contributed by atoms with van der Waals surface area (Å²) >= 11 is 5.65. The second-order valence-corrected chi connectivity index (χ2v) is 4.08. The van der Waals surface area contributed by atoms with Crippen molar-refractivity contribution in [3.05, 3.63) is 52.3 Å². The number of nitrogens with one attached hydrogen (secondary N) is 1. The van der Waals surface area contributed by atoms with Crippen molar-refractivity contribution in [2.45, 2.75) is 12.8 Å². The lowest BCUT2D eigenvalue weighted by Gasteiger charge is -2.05. The third-order valence-corrected chi connectivity index (χ3v) is 2.90. The van der Waals surface area contributed by atoms with E-state index < -0.39 is 0 Å². The number of aromatic amines is 1. The van der Waals surface area contributed by atoms with Gasteiger partial charge in [0.2, 0.25) is 0 Å². The summed E-state index contributed by atoms with van der Waals surface area (Å²) in [5.74, 6) is 1.04. The molecule has 1 aromatic heterocycles. The van der Waals surface area contributed by atoms with Crippen LogP contribution in [0.15, 0.2) is 41.2 Å². The van der Waals surface area contributed by atoms with Gasteiger partial charge < -0.3 is 9.72 Å². The molecule has 0 amide bonds. The molecule has 0 atom stereocenters. The summed E-state index contributed by atoms with van der Waals surface area (Å²) in [6.07, 6.45) is 0. The van der Waals surface area contributed by atoms with Crippen LogP contribution in [-0.2, 0) is 5.88 Å². The van der Waals surface area contributed by atoms with Gasteiger partial charge in [-0.05, 0) is 42.8 Å². The molecular weight excluding hydrogens is 250 g/mol. The molecule has 0 bridgehead atoms. The monoisotopic (exact) mass is 263 g/mol. The normalized spacial score (nSPS) is 10.3. The first kappa shape index (κ1) is 12.7. The van der Waals surface area contributed by atoms with E-state index >= 15 is 0 Å². The summed E-state index contributed by atoms with van der Waals surface area (Å²) in [5, 5.41) is 0. The van der Waals surface area contributed by atoms with Crippen molar-refractivity contribution in [3.63, 3.8) is 0 Å². The van der Waals surface area contributed by atoms with E-state index in [1.165, 1.54) is 0 Å². The maximum Gasteiger partial charge on any atom is 0.252 e. The van der Waals surface area contributed by atoms with Gasteiger partial charge in [0.1, 0.15) is 5.75 Å². The molecule has 94 valence electrons. The van der Waals surface area contributed by atoms with Crippen molar-refractivity contribution in [3.8, 4) is 17.0 Å². The topological polar surface area (TPSA) is 42.1 Å². The number of aromatic nitrogens is 1. The number of hydrogen-bond acceptors (Lipinski definition) is 2. The minimum atomic E-state index is -0.142. The number of H-pyrrole nitrogens is 1. The Bertz CT molecular complexity index is 575. The van der Waals surface area contributed by atoms with E-state index in [0.29, 0.717) is 12.2 Å². The molecule has 0 radical (unpaired) electrons. The van der Waals surface area contributed by atoms with Gasteiger partial charge in [-0.25, -0.2) is 0 Å². The Labute approximate surface area is 110 Å². The molecule has 0 aliphatic carbocycles. The predicted molar refractivity (Wildman–Crippen MR) is 73.2 cm³/mol. The summed E-state index contributed by atoms with van der Waals surface area (Å²) in [5.41, 5.74) is 2.15. The summed E-state index contributed by atoms with van der Waals surface area (Å²) in [4.78, 5) is 14.5. The van der Waals surface area contributed by atoms with Crippen LogP contribution in [0.25, 0.3) is 11.3 Å². The van der Waals surface area contributed by atoms with Crippen LogP contribution >= 0.6 is 11.6 Å². The molecule has 0 fully saturated rings. The quantitative estimate of drug-likeness (QED) is 0.861. The second-order valence-electron chi connectivity index (χ2n) is 3.82. The van der Waals surface area contributed by atoms with Gasteiger partial charge in [0, 0.05) is 11.3 Å². The molecule has 0 aliphatic heterocycles. The Balaban J connectivity index is 2.31. The van der Waals surface area contributed by atoms with Gasteiger partial charge in [-0.1, -0.05) is 6.07 Å². The van der Waals surface area contributed by atoms with Crippen LogP contribution in [0.2, 0.25) is 0 Å². The second kappa shape index (κ2) is 5.74. The van der Waals surface area contributed by atoms with Gasteiger partial charge in [-0.2, -0.15) is 0 Å². The van der Waals surface area contributed by atoms with Crippen LogP contribution in [0, 0.1) is 0 Å². The lowest BCUT2D eigenvalue weighted by molar-refractivity contribution is 0.340. The van der Waals surface area contributed by atoms with E-state index in [-0.39, 0.29) is 11.4 Å². The Morgan fingerprint density at radius 1 is 1.17 bits per heavy atom. The average molecular weight is 264 g/mol. The van der Waals surface area contributed by atoms with E-state index in [1.807, 2.05) is 37.3 Å². The molecule has 0 saturated heterocycles. The minimum absolute atomic E-state index is 0.142. The van der Waals surface area contributed by atoms with Crippen molar-refractivity contribution in [1.82, 2.24) is 4.98 Å². The van der Waals surface area contributed by atoms with E-state index in [4.69, 9.17) is 16.3 Å². The van der Waals surface area contributed by atoms with E-state index in [2.05, 4.69) is 4.98 Å². The molecule has 0 spiro atoms. The maximum atomic E-state index is 11.6. The Morgan fingerprint density at radius 2 is 1.89 bits per heavy atom. The molecule has 4 heteroatoms. The van der Waals surface area contributed by atoms with Gasteiger partial charge >= 0.3 is 0 Å². The van der Waals surface area contributed by atoms with E-state index in [1.54, 1.807) is 6.07 Å². The predicted octanol–water partition coefficient (Wildman–Crippen LogP) is 3.18. The highest BCUT2D eigenvalue weighted by atomic mass is 35.5. The van der Waals surface area contributed by atoms with Crippen LogP contribution in [0.5, 0.6) is 5.75 Å². The zero-order valence-corrected chi connectivity index (χ0v) is 10.8. The maximum absolute atomic E-state index is 11.6. The van der Waals surface area contributed by atoms with Crippen LogP contribution in [0.3, 0.4) is 0 Å². The SMILES string of the molecule is CCOc1ccc(-c2ccc(CCl)c(=O)[nH]2)cc1. The fourth-order valence-electron chi connectivity index (χ4n) is 1.67. The molecule has 3 nitrogen and oxygen atoms in total. The molecule has 2 aromatic rings. The molecule has 0 aliphatic rings. The number of benzene rings is 1. The molecule has 0 unspecified atom stereocenters. The minimum Gasteiger partial charge on any atom is -0.494 e. The molecule has 0 saturated carbocycles. The standard InChI is InChI=1S/C14H14ClNO2/c1-2-18-12-6-3-10(4-7-12)13-8-5-11(9-15)14(17)16-13/h3-8H,2,9H2,1H3,(H,16,17). The molecule has 18 heavy (non-hydrogen) atoms. The van der Waals surface area contributed by atoms with Crippen LogP contribution in [-0.4, -0.2) is 11.6 Å².